The molecule has 2 fully saturated rings. The number of phosphoric acid groups is 2. The first-order valence-electron chi connectivity index (χ1n) is 22.4. The summed E-state index contributed by atoms with van der Waals surface area (Å²) in [6.45, 7) is 10.8. The van der Waals surface area contributed by atoms with Gasteiger partial charge in [0.1, 0.15) is 50.3 Å². The molecule has 1 amide bonds. The van der Waals surface area contributed by atoms with E-state index in [1.807, 2.05) is 27.7 Å². The summed E-state index contributed by atoms with van der Waals surface area (Å²) in [5.41, 5.74) is 0. The number of hydrogen-bond acceptors (Lipinski definition) is 17. The van der Waals surface area contributed by atoms with Crippen molar-refractivity contribution in [1.29, 1.82) is 0 Å². The molecule has 0 aromatic carbocycles. The minimum absolute atomic E-state index is 0.0115. The highest BCUT2D eigenvalue weighted by molar-refractivity contribution is 7.47. The van der Waals surface area contributed by atoms with Crippen LogP contribution in [-0.2, 0) is 70.0 Å². The van der Waals surface area contributed by atoms with E-state index >= 15 is 0 Å². The molecule has 368 valence electrons. The average Bonchev–Trinajstić information content (AvgIpc) is 3.63. The van der Waals surface area contributed by atoms with Crippen molar-refractivity contribution in [2.45, 2.75) is 173 Å². The summed E-state index contributed by atoms with van der Waals surface area (Å²) in [5.74, 6) is 0.179. The molecule has 2 aliphatic heterocycles. The Kier molecular flexibility index (Phi) is 30.2. The molecule has 0 saturated carbocycles. The number of amides is 1. The van der Waals surface area contributed by atoms with E-state index in [4.69, 9.17) is 59.1 Å². The Balaban J connectivity index is 1.33. The number of rotatable bonds is 39. The van der Waals surface area contributed by atoms with E-state index < -0.39 is 64.4 Å². The molecule has 4 unspecified atom stereocenters. The molecular formula is C40H76BNO19P2. The van der Waals surface area contributed by atoms with Crippen molar-refractivity contribution >= 4 is 35.2 Å². The summed E-state index contributed by atoms with van der Waals surface area (Å²) in [4.78, 5) is 44.5. The van der Waals surface area contributed by atoms with Crippen LogP contribution < -0.4 is 5.32 Å². The zero-order chi connectivity index (χ0) is 46.7. The molecule has 0 aromatic heterocycles. The molecule has 2 aliphatic rings. The zero-order valence-electron chi connectivity index (χ0n) is 37.9. The molecule has 0 aliphatic carbocycles. The van der Waals surface area contributed by atoms with Crippen LogP contribution in [0.3, 0.4) is 0 Å². The first-order valence-corrected chi connectivity index (χ1v) is 25.4. The molecule has 0 aromatic rings. The molecule has 10 atom stereocenters. The third-order valence-electron chi connectivity index (χ3n) is 9.85. The Morgan fingerprint density at radius 1 is 0.635 bits per heavy atom. The van der Waals surface area contributed by atoms with E-state index in [1.165, 1.54) is 0 Å². The molecule has 2 saturated heterocycles. The fraction of sp³-hybridized carbons (Fsp3) is 0.950. The van der Waals surface area contributed by atoms with Crippen LogP contribution in [0.5, 0.6) is 0 Å². The number of unbranched alkanes of at least 4 members (excludes halogenated alkanes) is 6. The van der Waals surface area contributed by atoms with Crippen molar-refractivity contribution in [3.63, 3.8) is 0 Å². The van der Waals surface area contributed by atoms with E-state index in [9.17, 15) is 38.7 Å². The number of Topliss-reactive ketones (excluding diaryl/α,β-unsaturated/α-hetero) is 1. The summed E-state index contributed by atoms with van der Waals surface area (Å²) < 4.78 is 83.4. The quantitative estimate of drug-likeness (QED) is 0.0334. The van der Waals surface area contributed by atoms with Gasteiger partial charge in [0, 0.05) is 38.4 Å². The molecule has 20 nitrogen and oxygen atoms in total. The third-order valence-corrected chi connectivity index (χ3v) is 11.9. The van der Waals surface area contributed by atoms with Crippen molar-refractivity contribution in [2.24, 2.45) is 0 Å². The smallest absolute Gasteiger partial charge is 0.388 e. The second-order valence-electron chi connectivity index (χ2n) is 16.2. The van der Waals surface area contributed by atoms with Gasteiger partial charge in [0.25, 0.3) is 0 Å². The number of ketones is 1. The molecule has 63 heavy (non-hydrogen) atoms. The number of ether oxygens (including phenoxy) is 7. The number of hydrogen-bond donors (Lipinski definition) is 5. The number of aliphatic hydroxyl groups is 2. The number of carbonyl (C=O) groups is 2. The fourth-order valence-corrected chi connectivity index (χ4v) is 8.24. The van der Waals surface area contributed by atoms with Gasteiger partial charge < -0.3 is 58.5 Å². The van der Waals surface area contributed by atoms with Gasteiger partial charge in [0.15, 0.2) is 0 Å². The lowest BCUT2D eigenvalue weighted by molar-refractivity contribution is -0.121. The number of aliphatic hydroxyl groups excluding tert-OH is 2. The molecule has 5 N–H and O–H groups in total. The maximum Gasteiger partial charge on any atom is 0.472 e. The summed E-state index contributed by atoms with van der Waals surface area (Å²) in [6, 6.07) is -1.07. The van der Waals surface area contributed by atoms with Gasteiger partial charge in [-0.2, -0.15) is 0 Å². The molecule has 2 radical (unpaired) electrons. The van der Waals surface area contributed by atoms with E-state index in [0.717, 1.165) is 44.9 Å². The zero-order valence-corrected chi connectivity index (χ0v) is 39.7. The molecule has 0 bridgehead atoms. The van der Waals surface area contributed by atoms with Crippen molar-refractivity contribution < 1.29 is 90.0 Å². The SMILES string of the molecule is [B][C@@H]1O[C@H](COC(C)C)C(OP(=O)(O)OCCCCCCNC(=O)CCCCCCC(=O)CCCOCCOCCOCCOP(=O)(O)OC[C@H]2O[C@@H](C)[C@@H](O)C2OC(C)C)[C@@H]1O. The van der Waals surface area contributed by atoms with Crippen LogP contribution in [0.4, 0.5) is 0 Å². The van der Waals surface area contributed by atoms with Gasteiger partial charge in [-0.15, -0.1) is 0 Å². The highest BCUT2D eigenvalue weighted by Crippen LogP contribution is 2.47. The van der Waals surface area contributed by atoms with Crippen LogP contribution in [0.2, 0.25) is 0 Å². The summed E-state index contributed by atoms with van der Waals surface area (Å²) in [5, 5.41) is 23.4. The maximum absolute atomic E-state index is 12.4. The normalized spacial score (nSPS) is 25.8. The van der Waals surface area contributed by atoms with E-state index in [2.05, 4.69) is 5.32 Å². The van der Waals surface area contributed by atoms with Crippen molar-refractivity contribution in [3.05, 3.63) is 0 Å². The molecule has 0 spiro atoms. The van der Waals surface area contributed by atoms with Gasteiger partial charge in [-0.25, -0.2) is 9.13 Å². The van der Waals surface area contributed by atoms with Gasteiger partial charge >= 0.3 is 15.6 Å². The van der Waals surface area contributed by atoms with Gasteiger partial charge in [-0.1, -0.05) is 25.7 Å². The minimum Gasteiger partial charge on any atom is -0.388 e. The Morgan fingerprint density at radius 2 is 1.21 bits per heavy atom. The van der Waals surface area contributed by atoms with Crippen LogP contribution in [0.15, 0.2) is 0 Å². The van der Waals surface area contributed by atoms with Crippen LogP contribution in [0.1, 0.15) is 112 Å². The van der Waals surface area contributed by atoms with Crippen LogP contribution in [0.25, 0.3) is 0 Å². The number of carbonyl (C=O) groups excluding carboxylic acids is 2. The van der Waals surface area contributed by atoms with E-state index in [-0.39, 0.29) is 63.5 Å². The first kappa shape index (κ1) is 58.2. The van der Waals surface area contributed by atoms with Gasteiger partial charge in [-0.3, -0.25) is 27.7 Å². The van der Waals surface area contributed by atoms with Gasteiger partial charge in [0.2, 0.25) is 5.91 Å². The standard InChI is InChI=1S/C40H76BNO19P2/c1-29(2)54-27-33-39(37(46)40(41)60-33)61-63(49,50)55-20-13-9-8-12-18-42-35(44)17-11-7-6-10-15-32(43)16-14-19-51-21-22-52-23-24-53-25-26-56-62(47,48)57-28-34-38(58-30(3)4)36(45)31(5)59-34/h29-31,33-34,36-40,45-46H,6-28H2,1-5H3,(H,42,44)(H,47,48)(H,49,50)/t31-,33+,34+,36+,37-,38?,39?,40+/m0/s1. The Labute approximate surface area is 375 Å². The second-order valence-corrected chi connectivity index (χ2v) is 19.0. The predicted molar refractivity (Wildman–Crippen MR) is 230 cm³/mol. The van der Waals surface area contributed by atoms with Crippen molar-refractivity contribution in [3.8, 4) is 0 Å². The van der Waals surface area contributed by atoms with Crippen LogP contribution in [0, 0.1) is 0 Å². The second kappa shape index (κ2) is 32.7. The van der Waals surface area contributed by atoms with Gasteiger partial charge in [0.05, 0.1) is 77.8 Å². The maximum atomic E-state index is 12.4. The molecule has 2 rings (SSSR count). The summed E-state index contributed by atoms with van der Waals surface area (Å²) in [6.07, 6.45) is 1.73. The highest BCUT2D eigenvalue weighted by atomic mass is 31.2. The predicted octanol–water partition coefficient (Wildman–Crippen LogP) is 3.66. The lowest BCUT2D eigenvalue weighted by Gasteiger charge is -2.23. The topological polar surface area (TPSA) is 263 Å². The highest BCUT2D eigenvalue weighted by Gasteiger charge is 2.46. The fourth-order valence-electron chi connectivity index (χ4n) is 6.53. The van der Waals surface area contributed by atoms with E-state index in [0.29, 0.717) is 65.1 Å². The average molecular weight is 948 g/mol. The largest absolute Gasteiger partial charge is 0.472 e. The lowest BCUT2D eigenvalue weighted by Crippen LogP contribution is -2.38. The molecule has 2 heterocycles. The first-order chi connectivity index (χ1) is 29.9. The lowest BCUT2D eigenvalue weighted by atomic mass is 9.93. The Bertz CT molecular complexity index is 1340. The Morgan fingerprint density at radius 3 is 1.87 bits per heavy atom. The third kappa shape index (κ3) is 26.9. The van der Waals surface area contributed by atoms with Gasteiger partial charge in [-0.05, 0) is 66.7 Å². The number of phosphoric ester groups is 2. The number of nitrogens with one attached hydrogen (secondary N) is 1. The Hall–Kier alpha value is -0.935. The minimum atomic E-state index is -4.47. The summed E-state index contributed by atoms with van der Waals surface area (Å²) >= 11 is 0. The van der Waals surface area contributed by atoms with E-state index in [1.54, 1.807) is 6.92 Å². The summed E-state index contributed by atoms with van der Waals surface area (Å²) in [7, 11) is -3.11. The van der Waals surface area contributed by atoms with Crippen molar-refractivity contribution in [2.75, 3.05) is 72.6 Å². The molecular weight excluding hydrogens is 871 g/mol. The van der Waals surface area contributed by atoms with Crippen molar-refractivity contribution in [1.82, 2.24) is 5.32 Å². The monoisotopic (exact) mass is 947 g/mol. The van der Waals surface area contributed by atoms with Crippen LogP contribution in [-0.4, -0.2) is 173 Å². The van der Waals surface area contributed by atoms with Crippen LogP contribution >= 0.6 is 15.6 Å². The molecule has 23 heteroatoms.